The first-order valence-corrected chi connectivity index (χ1v) is 10.2. The van der Waals surface area contributed by atoms with Crippen LogP contribution in [-0.4, -0.2) is 37.0 Å². The minimum Gasteiger partial charge on any atom is -0.355 e. The Bertz CT molecular complexity index is 789. The van der Waals surface area contributed by atoms with Crippen LogP contribution in [0.25, 0.3) is 0 Å². The minimum atomic E-state index is 0.0425. The Morgan fingerprint density at radius 2 is 2.00 bits per heavy atom. The predicted octanol–water partition coefficient (Wildman–Crippen LogP) is 2.38. The van der Waals surface area contributed by atoms with Gasteiger partial charge in [0.25, 0.3) is 0 Å². The monoisotopic (exact) mass is 372 g/mol. The average Bonchev–Trinajstić information content (AvgIpc) is 2.99. The van der Waals surface area contributed by atoms with E-state index >= 15 is 0 Å². The van der Waals surface area contributed by atoms with Crippen molar-refractivity contribution in [3.05, 3.63) is 28.6 Å². The lowest BCUT2D eigenvalue weighted by atomic mass is 10.1. The molecule has 0 fully saturated rings. The number of carbonyl (C=O) groups excluding carboxylic acids is 1. The van der Waals surface area contributed by atoms with Crippen molar-refractivity contribution >= 4 is 5.91 Å². The number of carbonyl (C=O) groups is 1. The summed E-state index contributed by atoms with van der Waals surface area (Å²) in [5, 5.41) is 16.3. The van der Waals surface area contributed by atoms with E-state index in [9.17, 15) is 4.79 Å². The second kappa shape index (κ2) is 8.67. The molecule has 7 nitrogen and oxygen atoms in total. The molecule has 2 aromatic heterocycles. The second-order valence-corrected chi connectivity index (χ2v) is 8.00. The Kier molecular flexibility index (Phi) is 6.29. The normalized spacial score (nSPS) is 14.3. The highest BCUT2D eigenvalue weighted by Crippen LogP contribution is 2.16. The van der Waals surface area contributed by atoms with Crippen LogP contribution in [-0.2, 0) is 37.1 Å². The molecule has 1 N–H and O–H groups in total. The van der Waals surface area contributed by atoms with Crippen molar-refractivity contribution in [1.82, 2.24) is 29.9 Å². The van der Waals surface area contributed by atoms with Crippen molar-refractivity contribution < 1.29 is 4.79 Å². The van der Waals surface area contributed by atoms with Gasteiger partial charge in [0.15, 0.2) is 0 Å². The smallest absolute Gasteiger partial charge is 0.224 e. The number of aromatic nitrogens is 5. The van der Waals surface area contributed by atoms with Crippen LogP contribution in [0.2, 0.25) is 0 Å². The zero-order chi connectivity index (χ0) is 19.4. The summed E-state index contributed by atoms with van der Waals surface area (Å²) in [7, 11) is 0. The molecule has 0 aliphatic carbocycles. The van der Waals surface area contributed by atoms with E-state index < -0.39 is 0 Å². The molecule has 0 saturated carbocycles. The maximum atomic E-state index is 12.4. The molecule has 27 heavy (non-hydrogen) atoms. The van der Waals surface area contributed by atoms with Crippen LogP contribution >= 0.6 is 0 Å². The first-order chi connectivity index (χ1) is 13.0. The summed E-state index contributed by atoms with van der Waals surface area (Å²) < 4.78 is 4.26. The van der Waals surface area contributed by atoms with E-state index in [0.29, 0.717) is 18.9 Å². The van der Waals surface area contributed by atoms with Crippen molar-refractivity contribution in [3.8, 4) is 0 Å². The number of rotatable bonds is 7. The molecule has 2 aromatic rings. The number of nitrogens with one attached hydrogen (secondary N) is 1. The molecule has 3 rings (SSSR count). The Morgan fingerprint density at radius 1 is 1.19 bits per heavy atom. The van der Waals surface area contributed by atoms with Gasteiger partial charge in [-0.2, -0.15) is 5.10 Å². The van der Waals surface area contributed by atoms with Crippen LogP contribution in [0, 0.1) is 19.8 Å². The summed E-state index contributed by atoms with van der Waals surface area (Å²) >= 11 is 0. The molecule has 1 amide bonds. The summed E-state index contributed by atoms with van der Waals surface area (Å²) in [4.78, 5) is 12.4. The maximum absolute atomic E-state index is 12.4. The van der Waals surface area contributed by atoms with E-state index in [4.69, 9.17) is 0 Å². The molecule has 148 valence electrons. The quantitative estimate of drug-likeness (QED) is 0.809. The van der Waals surface area contributed by atoms with Crippen molar-refractivity contribution in [2.45, 2.75) is 79.3 Å². The second-order valence-electron chi connectivity index (χ2n) is 8.00. The highest BCUT2D eigenvalue weighted by atomic mass is 16.1. The van der Waals surface area contributed by atoms with Gasteiger partial charge in [-0.15, -0.1) is 10.2 Å². The number of hydrogen-bond donors (Lipinski definition) is 1. The molecular weight excluding hydrogens is 340 g/mol. The van der Waals surface area contributed by atoms with Gasteiger partial charge in [-0.05, 0) is 32.6 Å². The third-order valence-corrected chi connectivity index (χ3v) is 5.26. The highest BCUT2D eigenvalue weighted by molar-refractivity contribution is 5.79. The molecule has 0 unspecified atom stereocenters. The lowest BCUT2D eigenvalue weighted by Crippen LogP contribution is -2.28. The van der Waals surface area contributed by atoms with E-state index in [-0.39, 0.29) is 5.91 Å². The van der Waals surface area contributed by atoms with Gasteiger partial charge < -0.3 is 9.88 Å². The summed E-state index contributed by atoms with van der Waals surface area (Å²) in [6, 6.07) is 0. The topological polar surface area (TPSA) is 77.6 Å². The number of nitrogens with zero attached hydrogens (tertiary/aromatic N) is 5. The first-order valence-electron chi connectivity index (χ1n) is 10.2. The van der Waals surface area contributed by atoms with Crippen LogP contribution in [0.3, 0.4) is 0 Å². The molecule has 0 aromatic carbocycles. The van der Waals surface area contributed by atoms with Crippen LogP contribution in [0.5, 0.6) is 0 Å². The maximum Gasteiger partial charge on any atom is 0.224 e. The summed E-state index contributed by atoms with van der Waals surface area (Å²) in [6.07, 6.45) is 5.75. The molecule has 0 bridgehead atoms. The van der Waals surface area contributed by atoms with E-state index in [0.717, 1.165) is 54.5 Å². The van der Waals surface area contributed by atoms with Gasteiger partial charge in [0.05, 0.1) is 12.1 Å². The van der Waals surface area contributed by atoms with Crippen molar-refractivity contribution in [2.75, 3.05) is 6.54 Å². The van der Waals surface area contributed by atoms with Crippen LogP contribution < -0.4 is 5.32 Å². The van der Waals surface area contributed by atoms with Crippen molar-refractivity contribution in [2.24, 2.45) is 5.92 Å². The summed E-state index contributed by atoms with van der Waals surface area (Å²) in [5.74, 6) is 2.66. The highest BCUT2D eigenvalue weighted by Gasteiger charge is 2.17. The molecular formula is C20H32N6O. The fourth-order valence-electron chi connectivity index (χ4n) is 3.78. The molecule has 7 heteroatoms. The van der Waals surface area contributed by atoms with E-state index in [1.54, 1.807) is 0 Å². The zero-order valence-electron chi connectivity index (χ0n) is 17.1. The van der Waals surface area contributed by atoms with Crippen LogP contribution in [0.15, 0.2) is 0 Å². The van der Waals surface area contributed by atoms with Crippen molar-refractivity contribution in [1.29, 1.82) is 0 Å². The third-order valence-electron chi connectivity index (χ3n) is 5.26. The summed E-state index contributed by atoms with van der Waals surface area (Å²) in [6.45, 7) is 10.9. The third kappa shape index (κ3) is 4.76. The van der Waals surface area contributed by atoms with Gasteiger partial charge in [-0.1, -0.05) is 20.3 Å². The number of amides is 1. The SMILES string of the molecule is Cc1nn(CC(C)C)c(C)c1CC(=O)NCCc1nnc2n1CCCCC2. The molecule has 0 atom stereocenters. The average molecular weight is 373 g/mol. The first kappa shape index (κ1) is 19.6. The zero-order valence-corrected chi connectivity index (χ0v) is 17.1. The Balaban J connectivity index is 1.54. The fourth-order valence-corrected chi connectivity index (χ4v) is 3.78. The van der Waals surface area contributed by atoms with E-state index in [1.165, 1.54) is 19.3 Å². The lowest BCUT2D eigenvalue weighted by Gasteiger charge is -2.09. The predicted molar refractivity (Wildman–Crippen MR) is 105 cm³/mol. The van der Waals surface area contributed by atoms with Gasteiger partial charge in [0.1, 0.15) is 11.6 Å². The fraction of sp³-hybridized carbons (Fsp3) is 0.700. The molecule has 1 aliphatic rings. The number of hydrogen-bond acceptors (Lipinski definition) is 4. The Labute approximate surface area is 161 Å². The van der Waals surface area contributed by atoms with E-state index in [2.05, 4.69) is 46.0 Å². The number of aryl methyl sites for hydroxylation is 2. The molecule has 0 radical (unpaired) electrons. The van der Waals surface area contributed by atoms with Crippen LogP contribution in [0.4, 0.5) is 0 Å². The standard InChI is InChI=1S/C20H32N6O/c1-14(2)13-26-16(4)17(15(3)24-26)12-20(27)21-10-9-19-23-22-18-8-6-5-7-11-25(18)19/h14H,5-13H2,1-4H3,(H,21,27). The Morgan fingerprint density at radius 3 is 2.78 bits per heavy atom. The number of fused-ring (bicyclic) bond motifs is 1. The van der Waals surface area contributed by atoms with Gasteiger partial charge in [-0.3, -0.25) is 9.48 Å². The summed E-state index contributed by atoms with van der Waals surface area (Å²) in [5.41, 5.74) is 3.09. The lowest BCUT2D eigenvalue weighted by molar-refractivity contribution is -0.120. The molecule has 3 heterocycles. The van der Waals surface area contributed by atoms with Gasteiger partial charge >= 0.3 is 0 Å². The molecule has 0 saturated heterocycles. The van der Waals surface area contributed by atoms with Gasteiger partial charge in [-0.25, -0.2) is 0 Å². The largest absolute Gasteiger partial charge is 0.355 e. The molecule has 0 spiro atoms. The minimum absolute atomic E-state index is 0.0425. The van der Waals surface area contributed by atoms with Crippen LogP contribution in [0.1, 0.15) is 61.7 Å². The Hall–Kier alpha value is -2.18. The molecule has 1 aliphatic heterocycles. The van der Waals surface area contributed by atoms with Gasteiger partial charge in [0, 0.05) is 43.7 Å². The van der Waals surface area contributed by atoms with Crippen molar-refractivity contribution in [3.63, 3.8) is 0 Å². The van der Waals surface area contributed by atoms with Gasteiger partial charge in [0.2, 0.25) is 5.91 Å². The van der Waals surface area contributed by atoms with E-state index in [1.807, 2.05) is 11.6 Å².